The molecule has 0 heterocycles. The maximum atomic E-state index is 2.86. The van der Waals surface area contributed by atoms with E-state index in [0.29, 0.717) is 5.41 Å². The van der Waals surface area contributed by atoms with E-state index in [-0.39, 0.29) is 0 Å². The normalized spacial score (nSPS) is 33.6. The monoisotopic (exact) mass is 250 g/mol. The highest BCUT2D eigenvalue weighted by atomic mass is 28.3. The molecule has 0 aromatic carbocycles. The van der Waals surface area contributed by atoms with Crippen LogP contribution < -0.4 is 0 Å². The highest BCUT2D eigenvalue weighted by Crippen LogP contribution is 2.59. The van der Waals surface area contributed by atoms with E-state index in [2.05, 4.69) is 40.3 Å². The molecule has 0 spiro atoms. The van der Waals surface area contributed by atoms with Crippen molar-refractivity contribution >= 4 is 8.07 Å². The van der Waals surface area contributed by atoms with Gasteiger partial charge in [0.15, 0.2) is 0 Å². The van der Waals surface area contributed by atoms with Crippen LogP contribution in [-0.4, -0.2) is 8.07 Å². The van der Waals surface area contributed by atoms with Crippen LogP contribution in [0.1, 0.15) is 53.9 Å². The molecule has 2 rings (SSSR count). The number of hydrogen-bond donors (Lipinski definition) is 0. The zero-order valence-corrected chi connectivity index (χ0v) is 13.5. The molecule has 2 atom stereocenters. The van der Waals surface area contributed by atoms with E-state index in [1.54, 1.807) is 0 Å². The van der Waals surface area contributed by atoms with E-state index < -0.39 is 8.07 Å². The fraction of sp³-hybridized carbons (Fsp3) is 0.875. The third kappa shape index (κ3) is 2.05. The highest BCUT2D eigenvalue weighted by molar-refractivity contribution is 6.84. The van der Waals surface area contributed by atoms with Gasteiger partial charge in [-0.25, -0.2) is 0 Å². The number of rotatable bonds is 4. The van der Waals surface area contributed by atoms with Gasteiger partial charge in [-0.3, -0.25) is 0 Å². The Morgan fingerprint density at radius 3 is 2.12 bits per heavy atom. The van der Waals surface area contributed by atoms with Crippen molar-refractivity contribution in [3.8, 4) is 0 Å². The molecule has 98 valence electrons. The van der Waals surface area contributed by atoms with Gasteiger partial charge in [-0.1, -0.05) is 64.0 Å². The second-order valence-corrected chi connectivity index (χ2v) is 12.1. The molecule has 0 aromatic rings. The summed E-state index contributed by atoms with van der Waals surface area (Å²) in [7, 11) is -1.07. The summed E-state index contributed by atoms with van der Waals surface area (Å²) in [5, 5.41) is 0. The van der Waals surface area contributed by atoms with Gasteiger partial charge in [-0.05, 0) is 36.5 Å². The SMILES string of the molecule is CC[Si](/C=C1/C2CCC(C2)C1(C)C)(CC)CC. The largest absolute Gasteiger partial charge is 0.0942 e. The van der Waals surface area contributed by atoms with Crippen LogP contribution in [0, 0.1) is 17.3 Å². The van der Waals surface area contributed by atoms with Gasteiger partial charge in [0, 0.05) is 0 Å². The molecule has 0 nitrogen and oxygen atoms in total. The van der Waals surface area contributed by atoms with Gasteiger partial charge in [0.05, 0.1) is 8.07 Å². The first-order valence-corrected chi connectivity index (χ1v) is 10.4. The van der Waals surface area contributed by atoms with Crippen LogP contribution in [0.3, 0.4) is 0 Å². The van der Waals surface area contributed by atoms with Gasteiger partial charge in [-0.2, -0.15) is 0 Å². The maximum Gasteiger partial charge on any atom is 0.0770 e. The molecule has 0 radical (unpaired) electrons. The van der Waals surface area contributed by atoms with E-state index in [9.17, 15) is 0 Å². The van der Waals surface area contributed by atoms with Gasteiger partial charge in [0.1, 0.15) is 0 Å². The summed E-state index contributed by atoms with van der Waals surface area (Å²) in [6, 6.07) is 4.32. The van der Waals surface area contributed by atoms with E-state index in [0.717, 1.165) is 11.8 Å². The summed E-state index contributed by atoms with van der Waals surface area (Å²) in [4.78, 5) is 0. The van der Waals surface area contributed by atoms with Crippen LogP contribution in [0.15, 0.2) is 11.3 Å². The fourth-order valence-electron chi connectivity index (χ4n) is 4.37. The summed E-state index contributed by atoms with van der Waals surface area (Å²) in [5.74, 6) is 1.96. The van der Waals surface area contributed by atoms with Gasteiger partial charge in [0.25, 0.3) is 0 Å². The summed E-state index contributed by atoms with van der Waals surface area (Å²) in [6.07, 6.45) is 4.48. The zero-order valence-electron chi connectivity index (χ0n) is 12.5. The molecule has 2 unspecified atom stereocenters. The quantitative estimate of drug-likeness (QED) is 0.585. The third-order valence-electron chi connectivity index (χ3n) is 6.21. The van der Waals surface area contributed by atoms with Gasteiger partial charge in [-0.15, -0.1) is 0 Å². The first-order chi connectivity index (χ1) is 7.99. The summed E-state index contributed by atoms with van der Waals surface area (Å²) >= 11 is 0. The molecule has 2 aliphatic carbocycles. The molecule has 0 amide bonds. The van der Waals surface area contributed by atoms with Crippen molar-refractivity contribution in [2.24, 2.45) is 17.3 Å². The molecule has 0 saturated heterocycles. The molecule has 2 aliphatic rings. The van der Waals surface area contributed by atoms with E-state index in [1.807, 2.05) is 5.57 Å². The lowest BCUT2D eigenvalue weighted by Crippen LogP contribution is -2.33. The number of fused-ring (bicyclic) bond motifs is 2. The fourth-order valence-corrected chi connectivity index (χ4v) is 7.75. The van der Waals surface area contributed by atoms with Crippen molar-refractivity contribution < 1.29 is 0 Å². The van der Waals surface area contributed by atoms with Gasteiger partial charge in [0.2, 0.25) is 0 Å². The van der Waals surface area contributed by atoms with Crippen molar-refractivity contribution in [2.45, 2.75) is 72.0 Å². The lowest BCUT2D eigenvalue weighted by atomic mass is 9.73. The standard InChI is InChI=1S/C16H30Si/c1-6-17(7-2,8-3)12-15-13-9-10-14(11-13)16(15,4)5/h12-14H,6-11H2,1-5H3/b15-12-. The molecular weight excluding hydrogens is 220 g/mol. The lowest BCUT2D eigenvalue weighted by Gasteiger charge is -2.36. The van der Waals surface area contributed by atoms with Crippen LogP contribution in [-0.2, 0) is 0 Å². The zero-order chi connectivity index (χ0) is 12.7. The first-order valence-electron chi connectivity index (χ1n) is 7.72. The molecule has 2 saturated carbocycles. The summed E-state index contributed by atoms with van der Waals surface area (Å²) in [6.45, 7) is 12.3. The summed E-state index contributed by atoms with van der Waals surface area (Å²) < 4.78 is 0. The average molecular weight is 251 g/mol. The predicted molar refractivity (Wildman–Crippen MR) is 79.9 cm³/mol. The van der Waals surface area contributed by atoms with Gasteiger partial charge >= 0.3 is 0 Å². The maximum absolute atomic E-state index is 2.86. The first kappa shape index (κ1) is 13.4. The van der Waals surface area contributed by atoms with Crippen molar-refractivity contribution in [1.29, 1.82) is 0 Å². The molecule has 0 aliphatic heterocycles. The highest BCUT2D eigenvalue weighted by Gasteiger charge is 2.49. The smallest absolute Gasteiger partial charge is 0.0770 e. The lowest BCUT2D eigenvalue weighted by molar-refractivity contribution is 0.288. The van der Waals surface area contributed by atoms with Crippen molar-refractivity contribution in [1.82, 2.24) is 0 Å². The molecule has 2 fully saturated rings. The Bertz CT molecular complexity index is 301. The molecule has 1 heteroatoms. The predicted octanol–water partition coefficient (Wildman–Crippen LogP) is 5.42. The minimum atomic E-state index is -1.07. The molecule has 2 bridgehead atoms. The minimum absolute atomic E-state index is 0.528. The Morgan fingerprint density at radius 1 is 1.12 bits per heavy atom. The second kappa shape index (κ2) is 4.57. The average Bonchev–Trinajstić information content (AvgIpc) is 2.88. The van der Waals surface area contributed by atoms with Crippen LogP contribution in [0.5, 0.6) is 0 Å². The minimum Gasteiger partial charge on any atom is -0.0942 e. The van der Waals surface area contributed by atoms with Crippen LogP contribution in [0.2, 0.25) is 18.1 Å². The van der Waals surface area contributed by atoms with E-state index >= 15 is 0 Å². The Morgan fingerprint density at radius 2 is 1.71 bits per heavy atom. The number of allylic oxidation sites excluding steroid dienone is 1. The van der Waals surface area contributed by atoms with E-state index in [4.69, 9.17) is 0 Å². The van der Waals surface area contributed by atoms with Crippen LogP contribution in [0.4, 0.5) is 0 Å². The molecule has 0 aromatic heterocycles. The molecule has 0 N–H and O–H groups in total. The topological polar surface area (TPSA) is 0 Å². The van der Waals surface area contributed by atoms with Gasteiger partial charge < -0.3 is 0 Å². The second-order valence-electron chi connectivity index (χ2n) is 6.95. The molecular formula is C16H30Si. The van der Waals surface area contributed by atoms with Crippen molar-refractivity contribution in [3.63, 3.8) is 0 Å². The Hall–Kier alpha value is -0.0431. The van der Waals surface area contributed by atoms with E-state index in [1.165, 1.54) is 37.4 Å². The Labute approximate surface area is 109 Å². The van der Waals surface area contributed by atoms with Crippen LogP contribution in [0.25, 0.3) is 0 Å². The number of hydrogen-bond acceptors (Lipinski definition) is 0. The van der Waals surface area contributed by atoms with Crippen molar-refractivity contribution in [3.05, 3.63) is 11.3 Å². The van der Waals surface area contributed by atoms with Crippen molar-refractivity contribution in [2.75, 3.05) is 0 Å². The molecule has 17 heavy (non-hydrogen) atoms. The third-order valence-corrected chi connectivity index (χ3v) is 11.4. The Balaban J connectivity index is 2.32. The Kier molecular flexibility index (Phi) is 3.60. The van der Waals surface area contributed by atoms with Crippen LogP contribution >= 0.6 is 0 Å². The summed E-state index contributed by atoms with van der Waals surface area (Å²) in [5.41, 5.74) is 5.27.